The van der Waals surface area contributed by atoms with Crippen LogP contribution in [0.5, 0.6) is 0 Å². The molecule has 29 heavy (non-hydrogen) atoms. The van der Waals surface area contributed by atoms with Crippen LogP contribution in [0.3, 0.4) is 0 Å². The van der Waals surface area contributed by atoms with Gasteiger partial charge in [0.1, 0.15) is 5.69 Å². The van der Waals surface area contributed by atoms with Gasteiger partial charge in [-0.25, -0.2) is 4.98 Å². The monoisotopic (exact) mass is 396 g/mol. The zero-order valence-corrected chi connectivity index (χ0v) is 18.1. The van der Waals surface area contributed by atoms with Crippen LogP contribution in [0, 0.1) is 5.92 Å². The maximum Gasteiger partial charge on any atom is 0.269 e. The Kier molecular flexibility index (Phi) is 10.4. The first-order valence-corrected chi connectivity index (χ1v) is 10.8. The van der Waals surface area contributed by atoms with E-state index in [4.69, 9.17) is 0 Å². The van der Waals surface area contributed by atoms with E-state index >= 15 is 0 Å². The van der Waals surface area contributed by atoms with E-state index in [0.29, 0.717) is 11.6 Å². The minimum absolute atomic E-state index is 0.144. The van der Waals surface area contributed by atoms with Crippen molar-refractivity contribution in [1.82, 2.24) is 20.9 Å². The first-order valence-electron chi connectivity index (χ1n) is 10.8. The Balaban J connectivity index is 1.88. The van der Waals surface area contributed by atoms with Crippen LogP contribution in [-0.4, -0.2) is 37.6 Å². The van der Waals surface area contributed by atoms with Gasteiger partial charge in [-0.05, 0) is 68.1 Å². The summed E-state index contributed by atoms with van der Waals surface area (Å²) in [6, 6.07) is 14.2. The number of rotatable bonds is 13. The third-order valence-electron chi connectivity index (χ3n) is 4.93. The van der Waals surface area contributed by atoms with Gasteiger partial charge in [-0.15, -0.1) is 0 Å². The fraction of sp³-hybridized carbons (Fsp3) is 0.500. The molecule has 5 heteroatoms. The largest absolute Gasteiger partial charge is 0.354 e. The highest BCUT2D eigenvalue weighted by molar-refractivity contribution is 5.92. The molecule has 0 aliphatic heterocycles. The molecule has 0 saturated heterocycles. The number of carbonyl (C=O) groups is 1. The number of pyridine rings is 1. The Morgan fingerprint density at radius 1 is 1.07 bits per heavy atom. The van der Waals surface area contributed by atoms with Gasteiger partial charge < -0.3 is 16.0 Å². The average Bonchev–Trinajstić information content (AvgIpc) is 2.73. The molecule has 1 aromatic heterocycles. The fourth-order valence-electron chi connectivity index (χ4n) is 3.33. The molecule has 0 saturated carbocycles. The van der Waals surface area contributed by atoms with E-state index in [-0.39, 0.29) is 5.91 Å². The Morgan fingerprint density at radius 3 is 2.59 bits per heavy atom. The van der Waals surface area contributed by atoms with Crippen LogP contribution in [0.15, 0.2) is 42.5 Å². The van der Waals surface area contributed by atoms with Gasteiger partial charge in [0, 0.05) is 25.7 Å². The summed E-state index contributed by atoms with van der Waals surface area (Å²) >= 11 is 0. The molecule has 0 aliphatic rings. The lowest BCUT2D eigenvalue weighted by Crippen LogP contribution is -2.23. The van der Waals surface area contributed by atoms with Crippen molar-refractivity contribution in [3.63, 3.8) is 0 Å². The second kappa shape index (κ2) is 13.1. The smallest absolute Gasteiger partial charge is 0.269 e. The highest BCUT2D eigenvalue weighted by Crippen LogP contribution is 2.12. The van der Waals surface area contributed by atoms with Gasteiger partial charge in [-0.2, -0.15) is 0 Å². The van der Waals surface area contributed by atoms with E-state index in [9.17, 15) is 4.79 Å². The fourth-order valence-corrected chi connectivity index (χ4v) is 3.33. The van der Waals surface area contributed by atoms with Crippen molar-refractivity contribution in [2.24, 2.45) is 5.92 Å². The Bertz CT molecular complexity index is 733. The molecule has 0 bridgehead atoms. The molecule has 158 valence electrons. The number of benzene rings is 1. The topological polar surface area (TPSA) is 66.0 Å². The number of carbonyl (C=O) groups excluding carboxylic acids is 1. The summed E-state index contributed by atoms with van der Waals surface area (Å²) in [6.45, 7) is 8.42. The minimum atomic E-state index is -0.144. The van der Waals surface area contributed by atoms with Gasteiger partial charge >= 0.3 is 0 Å². The first kappa shape index (κ1) is 23.0. The van der Waals surface area contributed by atoms with Crippen LogP contribution < -0.4 is 16.0 Å². The van der Waals surface area contributed by atoms with Gasteiger partial charge in [-0.1, -0.05) is 44.2 Å². The number of nitrogens with zero attached hydrogens (tertiary/aromatic N) is 1. The molecule has 2 rings (SSSR count). The zero-order valence-electron chi connectivity index (χ0n) is 18.1. The minimum Gasteiger partial charge on any atom is -0.354 e. The standard InChI is InChI=1S/C24H36N4O/c1-4-12-26-17-19(2)9-8-13-27-18-21-15-22(14-20-10-6-5-7-11-20)28-23(16-21)24(29)25-3/h5-7,10-11,15-16,19,26-27H,4,8-9,12-14,17-18H2,1-3H3,(H,25,29). The maximum atomic E-state index is 12.1. The lowest BCUT2D eigenvalue weighted by molar-refractivity contribution is 0.0958. The van der Waals surface area contributed by atoms with E-state index in [2.05, 4.69) is 53.0 Å². The van der Waals surface area contributed by atoms with E-state index in [0.717, 1.165) is 50.3 Å². The van der Waals surface area contributed by atoms with Crippen molar-refractivity contribution in [3.05, 3.63) is 65.0 Å². The quantitative estimate of drug-likeness (QED) is 0.453. The molecular formula is C24H36N4O. The van der Waals surface area contributed by atoms with E-state index < -0.39 is 0 Å². The number of hydrogen-bond acceptors (Lipinski definition) is 4. The average molecular weight is 397 g/mol. The molecule has 0 spiro atoms. The number of nitrogens with one attached hydrogen (secondary N) is 3. The number of aromatic nitrogens is 1. The van der Waals surface area contributed by atoms with Crippen LogP contribution in [0.25, 0.3) is 0 Å². The van der Waals surface area contributed by atoms with Crippen molar-refractivity contribution >= 4 is 5.91 Å². The summed E-state index contributed by atoms with van der Waals surface area (Å²) in [6.07, 6.45) is 4.27. The van der Waals surface area contributed by atoms with E-state index in [1.807, 2.05) is 24.3 Å². The maximum absolute atomic E-state index is 12.1. The number of amides is 1. The van der Waals surface area contributed by atoms with Gasteiger partial charge in [0.05, 0.1) is 0 Å². The summed E-state index contributed by atoms with van der Waals surface area (Å²) < 4.78 is 0. The van der Waals surface area contributed by atoms with Gasteiger partial charge in [0.2, 0.25) is 0 Å². The Morgan fingerprint density at radius 2 is 1.86 bits per heavy atom. The predicted molar refractivity (Wildman–Crippen MR) is 120 cm³/mol. The van der Waals surface area contributed by atoms with Crippen molar-refractivity contribution < 1.29 is 4.79 Å². The zero-order chi connectivity index (χ0) is 20.9. The number of hydrogen-bond donors (Lipinski definition) is 3. The molecule has 0 aliphatic carbocycles. The SMILES string of the molecule is CCCNCC(C)CCCNCc1cc(Cc2ccccc2)nc(C(=O)NC)c1. The van der Waals surface area contributed by atoms with Crippen molar-refractivity contribution in [1.29, 1.82) is 0 Å². The summed E-state index contributed by atoms with van der Waals surface area (Å²) in [4.78, 5) is 16.7. The van der Waals surface area contributed by atoms with Crippen LogP contribution in [-0.2, 0) is 13.0 Å². The van der Waals surface area contributed by atoms with E-state index in [1.54, 1.807) is 7.05 Å². The highest BCUT2D eigenvalue weighted by atomic mass is 16.1. The van der Waals surface area contributed by atoms with Crippen LogP contribution in [0.4, 0.5) is 0 Å². The second-order valence-electron chi connectivity index (χ2n) is 7.72. The third kappa shape index (κ3) is 8.75. The normalized spacial score (nSPS) is 12.0. The molecule has 3 N–H and O–H groups in total. The molecule has 1 unspecified atom stereocenters. The Hall–Kier alpha value is -2.24. The molecule has 1 aromatic carbocycles. The molecule has 1 atom stereocenters. The lowest BCUT2D eigenvalue weighted by atomic mass is 10.1. The lowest BCUT2D eigenvalue weighted by Gasteiger charge is -2.13. The molecule has 1 amide bonds. The Labute approximate surface area is 175 Å². The second-order valence-corrected chi connectivity index (χ2v) is 7.72. The van der Waals surface area contributed by atoms with Gasteiger partial charge in [0.25, 0.3) is 5.91 Å². The third-order valence-corrected chi connectivity index (χ3v) is 4.93. The molecular weight excluding hydrogens is 360 g/mol. The molecule has 5 nitrogen and oxygen atoms in total. The summed E-state index contributed by atoms with van der Waals surface area (Å²) in [5.74, 6) is 0.552. The highest BCUT2D eigenvalue weighted by Gasteiger charge is 2.10. The summed E-state index contributed by atoms with van der Waals surface area (Å²) in [7, 11) is 1.64. The first-order chi connectivity index (χ1) is 14.1. The van der Waals surface area contributed by atoms with Crippen LogP contribution in [0.1, 0.15) is 60.4 Å². The van der Waals surface area contributed by atoms with Gasteiger partial charge in [0.15, 0.2) is 0 Å². The van der Waals surface area contributed by atoms with Crippen LogP contribution in [0.2, 0.25) is 0 Å². The predicted octanol–water partition coefficient (Wildman–Crippen LogP) is 3.54. The van der Waals surface area contributed by atoms with Crippen molar-refractivity contribution in [2.45, 2.75) is 46.1 Å². The molecule has 0 radical (unpaired) electrons. The molecule has 0 fully saturated rings. The van der Waals surface area contributed by atoms with Crippen LogP contribution >= 0.6 is 0 Å². The van der Waals surface area contributed by atoms with Crippen molar-refractivity contribution in [3.8, 4) is 0 Å². The summed E-state index contributed by atoms with van der Waals surface area (Å²) in [5.41, 5.74) is 3.69. The molecule has 2 aromatic rings. The summed E-state index contributed by atoms with van der Waals surface area (Å²) in [5, 5.41) is 9.69. The van der Waals surface area contributed by atoms with E-state index in [1.165, 1.54) is 18.4 Å². The van der Waals surface area contributed by atoms with Gasteiger partial charge in [-0.3, -0.25) is 4.79 Å². The molecule has 1 heterocycles. The van der Waals surface area contributed by atoms with Crippen molar-refractivity contribution in [2.75, 3.05) is 26.7 Å².